The van der Waals surface area contributed by atoms with Gasteiger partial charge in [-0.3, -0.25) is 0 Å². The third-order valence-corrected chi connectivity index (χ3v) is 5.84. The summed E-state index contributed by atoms with van der Waals surface area (Å²) in [6.07, 6.45) is 0. The number of halogens is 2. The molecule has 0 saturated carbocycles. The second-order valence-electron chi connectivity index (χ2n) is 4.87. The molecule has 0 spiro atoms. The van der Waals surface area contributed by atoms with Crippen molar-refractivity contribution in [2.24, 2.45) is 0 Å². The number of benzene rings is 1. The van der Waals surface area contributed by atoms with Gasteiger partial charge in [0.25, 0.3) is 0 Å². The minimum absolute atomic E-state index is 0.0951. The Balaban J connectivity index is 2.36. The van der Waals surface area contributed by atoms with Crippen LogP contribution in [0.25, 0.3) is 0 Å². The maximum absolute atomic E-state index is 13.1. The maximum atomic E-state index is 13.1. The van der Waals surface area contributed by atoms with Crippen molar-refractivity contribution < 1.29 is 12.8 Å². The van der Waals surface area contributed by atoms with Crippen LogP contribution in [-0.4, -0.2) is 37.9 Å². The molecule has 2 atom stereocenters. The third-order valence-electron chi connectivity index (χ3n) is 3.04. The van der Waals surface area contributed by atoms with Crippen LogP contribution in [0.2, 0.25) is 0 Å². The molecule has 0 aromatic heterocycles. The summed E-state index contributed by atoms with van der Waals surface area (Å²) in [5.74, 6) is -0.465. The molecule has 0 radical (unpaired) electrons. The van der Waals surface area contributed by atoms with Gasteiger partial charge in [-0.2, -0.15) is 4.31 Å². The molecule has 1 saturated heterocycles. The molecule has 4 nitrogen and oxygen atoms in total. The predicted molar refractivity (Wildman–Crippen MR) is 74.9 cm³/mol. The highest BCUT2D eigenvalue weighted by Gasteiger charge is 2.32. The summed E-state index contributed by atoms with van der Waals surface area (Å²) in [6, 6.07) is 3.82. The fraction of sp³-hybridized carbons (Fsp3) is 0.500. The first-order chi connectivity index (χ1) is 8.80. The summed E-state index contributed by atoms with van der Waals surface area (Å²) in [4.78, 5) is 0.107. The molecule has 2 rings (SSSR count). The first-order valence-corrected chi connectivity index (χ1v) is 8.25. The van der Waals surface area contributed by atoms with Crippen molar-refractivity contribution in [3.8, 4) is 0 Å². The van der Waals surface area contributed by atoms with Gasteiger partial charge in [0.2, 0.25) is 10.0 Å². The van der Waals surface area contributed by atoms with Gasteiger partial charge in [0.05, 0.1) is 4.90 Å². The molecular formula is C12H16BrFN2O2S. The number of nitrogens with one attached hydrogen (secondary N) is 1. The van der Waals surface area contributed by atoms with Gasteiger partial charge in [0, 0.05) is 29.6 Å². The van der Waals surface area contributed by atoms with Crippen LogP contribution in [0.15, 0.2) is 27.6 Å². The topological polar surface area (TPSA) is 49.4 Å². The SMILES string of the molecule is C[C@@H]1CN(S(=O)(=O)c2ccc(F)cc2Br)C[C@H](C)N1. The largest absolute Gasteiger partial charge is 0.309 e. The maximum Gasteiger partial charge on any atom is 0.244 e. The van der Waals surface area contributed by atoms with Crippen LogP contribution in [0.1, 0.15) is 13.8 Å². The minimum atomic E-state index is -3.60. The van der Waals surface area contributed by atoms with E-state index in [-0.39, 0.29) is 21.5 Å². The quantitative estimate of drug-likeness (QED) is 0.886. The van der Waals surface area contributed by atoms with Gasteiger partial charge in [-0.1, -0.05) is 0 Å². The smallest absolute Gasteiger partial charge is 0.244 e. The molecular weight excluding hydrogens is 335 g/mol. The van der Waals surface area contributed by atoms with Gasteiger partial charge in [-0.05, 0) is 48.0 Å². The Bertz CT molecular complexity index is 569. The van der Waals surface area contributed by atoms with E-state index in [9.17, 15) is 12.8 Å². The fourth-order valence-electron chi connectivity index (χ4n) is 2.30. The van der Waals surface area contributed by atoms with Gasteiger partial charge in [-0.15, -0.1) is 0 Å². The standard InChI is InChI=1S/C12H16BrFN2O2S/c1-8-6-16(7-9(2)15-8)19(17,18)12-4-3-10(14)5-11(12)13/h3-5,8-9,15H,6-7H2,1-2H3/t8-,9+. The van der Waals surface area contributed by atoms with E-state index < -0.39 is 15.8 Å². The van der Waals surface area contributed by atoms with E-state index in [1.54, 1.807) is 0 Å². The lowest BCUT2D eigenvalue weighted by atomic mass is 10.2. The molecule has 1 aliphatic heterocycles. The Morgan fingerprint density at radius 2 is 1.89 bits per heavy atom. The second-order valence-corrected chi connectivity index (χ2v) is 7.63. The number of nitrogens with zero attached hydrogens (tertiary/aromatic N) is 1. The van der Waals surface area contributed by atoms with Crippen LogP contribution in [0, 0.1) is 5.82 Å². The van der Waals surface area contributed by atoms with Crippen molar-refractivity contribution in [3.63, 3.8) is 0 Å². The van der Waals surface area contributed by atoms with Crippen LogP contribution in [0.4, 0.5) is 4.39 Å². The normalized spacial score (nSPS) is 25.5. The van der Waals surface area contributed by atoms with E-state index in [2.05, 4.69) is 21.2 Å². The van der Waals surface area contributed by atoms with E-state index in [1.165, 1.54) is 16.4 Å². The molecule has 0 unspecified atom stereocenters. The molecule has 0 aliphatic carbocycles. The van der Waals surface area contributed by atoms with Gasteiger partial charge in [0.15, 0.2) is 0 Å². The predicted octanol–water partition coefficient (Wildman–Crippen LogP) is 1.96. The molecule has 0 bridgehead atoms. The van der Waals surface area contributed by atoms with Crippen molar-refractivity contribution in [3.05, 3.63) is 28.5 Å². The average molecular weight is 351 g/mol. The van der Waals surface area contributed by atoms with E-state index >= 15 is 0 Å². The summed E-state index contributed by atoms with van der Waals surface area (Å²) in [6.45, 7) is 4.71. The van der Waals surface area contributed by atoms with Crippen LogP contribution in [0.3, 0.4) is 0 Å². The highest BCUT2D eigenvalue weighted by molar-refractivity contribution is 9.10. The lowest BCUT2D eigenvalue weighted by molar-refractivity contribution is 0.263. The van der Waals surface area contributed by atoms with Crippen molar-refractivity contribution in [1.29, 1.82) is 0 Å². The summed E-state index contributed by atoms with van der Waals surface area (Å²) < 4.78 is 39.9. The highest BCUT2D eigenvalue weighted by atomic mass is 79.9. The van der Waals surface area contributed by atoms with Gasteiger partial charge < -0.3 is 5.32 Å². The van der Waals surface area contributed by atoms with Gasteiger partial charge >= 0.3 is 0 Å². The van der Waals surface area contributed by atoms with E-state index in [0.717, 1.165) is 6.07 Å². The van der Waals surface area contributed by atoms with Crippen LogP contribution in [0.5, 0.6) is 0 Å². The zero-order valence-corrected chi connectivity index (χ0v) is 13.1. The van der Waals surface area contributed by atoms with Crippen molar-refractivity contribution in [2.75, 3.05) is 13.1 Å². The Hall–Kier alpha value is -0.500. The molecule has 1 aromatic rings. The Kier molecular flexibility index (Phi) is 4.29. The fourth-order valence-corrected chi connectivity index (χ4v) is 4.92. The zero-order valence-electron chi connectivity index (χ0n) is 10.7. The highest BCUT2D eigenvalue weighted by Crippen LogP contribution is 2.26. The van der Waals surface area contributed by atoms with Crippen molar-refractivity contribution >= 4 is 26.0 Å². The number of hydrogen-bond acceptors (Lipinski definition) is 3. The average Bonchev–Trinajstić information content (AvgIpc) is 2.26. The number of sulfonamides is 1. The molecule has 1 fully saturated rings. The molecule has 0 amide bonds. The van der Waals surface area contributed by atoms with E-state index in [4.69, 9.17) is 0 Å². The zero-order chi connectivity index (χ0) is 14.2. The summed E-state index contributed by atoms with van der Waals surface area (Å²) in [5.41, 5.74) is 0. The minimum Gasteiger partial charge on any atom is -0.309 e. The van der Waals surface area contributed by atoms with E-state index in [1.807, 2.05) is 13.8 Å². The molecule has 1 aliphatic rings. The summed E-state index contributed by atoms with van der Waals surface area (Å²) >= 11 is 3.12. The van der Waals surface area contributed by atoms with Gasteiger partial charge in [0.1, 0.15) is 5.82 Å². The molecule has 19 heavy (non-hydrogen) atoms. The lowest BCUT2D eigenvalue weighted by Crippen LogP contribution is -2.55. The monoisotopic (exact) mass is 350 g/mol. The second kappa shape index (κ2) is 5.47. The molecule has 1 N–H and O–H groups in total. The third kappa shape index (κ3) is 3.16. The van der Waals surface area contributed by atoms with Crippen molar-refractivity contribution in [2.45, 2.75) is 30.8 Å². The number of piperazine rings is 1. The Labute approximate surface area is 121 Å². The lowest BCUT2D eigenvalue weighted by Gasteiger charge is -2.35. The van der Waals surface area contributed by atoms with E-state index in [0.29, 0.717) is 13.1 Å². The van der Waals surface area contributed by atoms with Crippen molar-refractivity contribution in [1.82, 2.24) is 9.62 Å². The first kappa shape index (κ1) is 14.9. The summed E-state index contributed by atoms with van der Waals surface area (Å²) in [5, 5.41) is 3.28. The molecule has 106 valence electrons. The summed E-state index contributed by atoms with van der Waals surface area (Å²) in [7, 11) is -3.60. The van der Waals surface area contributed by atoms with Gasteiger partial charge in [-0.25, -0.2) is 12.8 Å². The Morgan fingerprint density at radius 1 is 1.32 bits per heavy atom. The first-order valence-electron chi connectivity index (χ1n) is 6.02. The number of rotatable bonds is 2. The van der Waals surface area contributed by atoms with Crippen LogP contribution >= 0.6 is 15.9 Å². The van der Waals surface area contributed by atoms with Crippen LogP contribution in [-0.2, 0) is 10.0 Å². The molecule has 1 aromatic carbocycles. The molecule has 1 heterocycles. The molecule has 7 heteroatoms. The van der Waals surface area contributed by atoms with Crippen LogP contribution < -0.4 is 5.32 Å². The Morgan fingerprint density at radius 3 is 2.42 bits per heavy atom. The number of hydrogen-bond donors (Lipinski definition) is 1.